The molecule has 0 bridgehead atoms. The van der Waals surface area contributed by atoms with Crippen LogP contribution in [0.4, 0.5) is 0 Å². The lowest BCUT2D eigenvalue weighted by Gasteiger charge is -2.23. The van der Waals surface area contributed by atoms with E-state index in [9.17, 15) is 0 Å². The number of benzene rings is 1. The maximum Gasteiger partial charge on any atom is 0.167 e. The van der Waals surface area contributed by atoms with Crippen molar-refractivity contribution in [2.24, 2.45) is 5.73 Å². The van der Waals surface area contributed by atoms with Gasteiger partial charge < -0.3 is 10.3 Å². The second-order valence-electron chi connectivity index (χ2n) is 5.63. The molecule has 19 heavy (non-hydrogen) atoms. The Labute approximate surface area is 113 Å². The van der Waals surface area contributed by atoms with E-state index in [1.165, 1.54) is 18.4 Å². The molecule has 3 nitrogen and oxygen atoms in total. The molecule has 1 aliphatic carbocycles. The van der Waals surface area contributed by atoms with Crippen molar-refractivity contribution in [2.75, 3.05) is 6.54 Å². The highest BCUT2D eigenvalue weighted by atomic mass is 16.5. The van der Waals surface area contributed by atoms with Crippen molar-refractivity contribution in [1.29, 1.82) is 0 Å². The third-order valence-electron chi connectivity index (χ3n) is 4.34. The second kappa shape index (κ2) is 4.82. The standard InChI is InChI=1S/C16H20N2O/c1-12-4-6-13(7-5-12)14-10-15(18-19-14)16(11-17)8-2-3-9-16/h4-7,10H,2-3,8-9,11,17H2,1H3. The van der Waals surface area contributed by atoms with Gasteiger partial charge in [0.2, 0.25) is 0 Å². The maximum atomic E-state index is 5.99. The monoisotopic (exact) mass is 256 g/mol. The molecule has 0 aliphatic heterocycles. The molecule has 3 rings (SSSR count). The molecule has 0 spiro atoms. The highest BCUT2D eigenvalue weighted by Crippen LogP contribution is 2.40. The van der Waals surface area contributed by atoms with Gasteiger partial charge in [0.25, 0.3) is 0 Å². The van der Waals surface area contributed by atoms with Crippen LogP contribution in [0.5, 0.6) is 0 Å². The van der Waals surface area contributed by atoms with Crippen LogP contribution in [0.15, 0.2) is 34.9 Å². The number of aromatic nitrogens is 1. The van der Waals surface area contributed by atoms with Crippen LogP contribution in [-0.2, 0) is 5.41 Å². The zero-order valence-electron chi connectivity index (χ0n) is 11.4. The van der Waals surface area contributed by atoms with Crippen molar-refractivity contribution in [2.45, 2.75) is 38.0 Å². The van der Waals surface area contributed by atoms with Gasteiger partial charge in [0.1, 0.15) is 0 Å². The van der Waals surface area contributed by atoms with Gasteiger partial charge in [-0.3, -0.25) is 0 Å². The largest absolute Gasteiger partial charge is 0.356 e. The van der Waals surface area contributed by atoms with Crippen molar-refractivity contribution in [3.63, 3.8) is 0 Å². The Kier molecular flexibility index (Phi) is 3.15. The Morgan fingerprint density at radius 2 is 1.89 bits per heavy atom. The first-order valence-corrected chi connectivity index (χ1v) is 6.98. The van der Waals surface area contributed by atoms with E-state index in [-0.39, 0.29) is 5.41 Å². The van der Waals surface area contributed by atoms with E-state index in [0.29, 0.717) is 6.54 Å². The SMILES string of the molecule is Cc1ccc(-c2cc(C3(CN)CCCC3)no2)cc1. The van der Waals surface area contributed by atoms with Crippen LogP contribution < -0.4 is 5.73 Å². The number of nitrogens with zero attached hydrogens (tertiary/aromatic N) is 1. The van der Waals surface area contributed by atoms with Crippen LogP contribution >= 0.6 is 0 Å². The van der Waals surface area contributed by atoms with Gasteiger partial charge in [-0.25, -0.2) is 0 Å². The molecule has 0 unspecified atom stereocenters. The molecule has 1 aromatic carbocycles. The van der Waals surface area contributed by atoms with Crippen LogP contribution in [0, 0.1) is 6.92 Å². The summed E-state index contributed by atoms with van der Waals surface area (Å²) in [5, 5.41) is 4.29. The topological polar surface area (TPSA) is 52.0 Å². The summed E-state index contributed by atoms with van der Waals surface area (Å²) in [7, 11) is 0. The molecular formula is C16H20N2O. The molecule has 0 amide bonds. The molecule has 1 saturated carbocycles. The summed E-state index contributed by atoms with van der Waals surface area (Å²) in [6, 6.07) is 10.4. The number of nitrogens with two attached hydrogens (primary N) is 1. The molecule has 0 radical (unpaired) electrons. The summed E-state index contributed by atoms with van der Waals surface area (Å²) in [6.45, 7) is 2.74. The first kappa shape index (κ1) is 12.4. The number of hydrogen-bond acceptors (Lipinski definition) is 3. The Bertz CT molecular complexity index is 550. The smallest absolute Gasteiger partial charge is 0.167 e. The summed E-state index contributed by atoms with van der Waals surface area (Å²) < 4.78 is 5.52. The summed E-state index contributed by atoms with van der Waals surface area (Å²) in [4.78, 5) is 0. The average molecular weight is 256 g/mol. The molecule has 2 N–H and O–H groups in total. The van der Waals surface area contributed by atoms with Crippen LogP contribution in [0.2, 0.25) is 0 Å². The van der Waals surface area contributed by atoms with Crippen LogP contribution in [0.1, 0.15) is 36.9 Å². The molecule has 1 aliphatic rings. The lowest BCUT2D eigenvalue weighted by atomic mass is 9.82. The molecule has 1 fully saturated rings. The zero-order valence-corrected chi connectivity index (χ0v) is 11.4. The van der Waals surface area contributed by atoms with Crippen molar-refractivity contribution < 1.29 is 4.52 Å². The molecule has 1 aromatic heterocycles. The van der Waals surface area contributed by atoms with Gasteiger partial charge in [-0.1, -0.05) is 47.8 Å². The first-order chi connectivity index (χ1) is 9.23. The number of aryl methyl sites for hydroxylation is 1. The molecule has 1 heterocycles. The summed E-state index contributed by atoms with van der Waals surface area (Å²) in [6.07, 6.45) is 4.74. The summed E-state index contributed by atoms with van der Waals surface area (Å²) in [5.74, 6) is 0.842. The lowest BCUT2D eigenvalue weighted by molar-refractivity contribution is 0.372. The predicted molar refractivity (Wildman–Crippen MR) is 75.9 cm³/mol. The average Bonchev–Trinajstić information content (AvgIpc) is 3.09. The van der Waals surface area contributed by atoms with E-state index in [4.69, 9.17) is 10.3 Å². The fourth-order valence-corrected chi connectivity index (χ4v) is 3.00. The van der Waals surface area contributed by atoms with Crippen molar-refractivity contribution in [3.05, 3.63) is 41.6 Å². The normalized spacial score (nSPS) is 17.8. The fraction of sp³-hybridized carbons (Fsp3) is 0.438. The highest BCUT2D eigenvalue weighted by molar-refractivity contribution is 5.58. The van der Waals surface area contributed by atoms with Crippen molar-refractivity contribution >= 4 is 0 Å². The molecule has 0 atom stereocenters. The highest BCUT2D eigenvalue weighted by Gasteiger charge is 2.37. The number of hydrogen-bond donors (Lipinski definition) is 1. The Morgan fingerprint density at radius 3 is 2.53 bits per heavy atom. The van der Waals surface area contributed by atoms with Crippen LogP contribution in [-0.4, -0.2) is 11.7 Å². The van der Waals surface area contributed by atoms with E-state index >= 15 is 0 Å². The minimum Gasteiger partial charge on any atom is -0.356 e. The van der Waals surface area contributed by atoms with Gasteiger partial charge in [0.15, 0.2) is 5.76 Å². The van der Waals surface area contributed by atoms with Crippen LogP contribution in [0.25, 0.3) is 11.3 Å². The van der Waals surface area contributed by atoms with Crippen molar-refractivity contribution in [1.82, 2.24) is 5.16 Å². The molecule has 2 aromatic rings. The van der Waals surface area contributed by atoms with Gasteiger partial charge in [-0.15, -0.1) is 0 Å². The Balaban J connectivity index is 1.92. The summed E-state index contributed by atoms with van der Waals surface area (Å²) >= 11 is 0. The van der Waals surface area contributed by atoms with E-state index < -0.39 is 0 Å². The lowest BCUT2D eigenvalue weighted by Crippen LogP contribution is -2.32. The van der Waals surface area contributed by atoms with Gasteiger partial charge >= 0.3 is 0 Å². The summed E-state index contributed by atoms with van der Waals surface area (Å²) in [5.41, 5.74) is 9.39. The molecule has 0 saturated heterocycles. The van der Waals surface area contributed by atoms with E-state index in [1.807, 2.05) is 0 Å². The minimum absolute atomic E-state index is 0.0481. The first-order valence-electron chi connectivity index (χ1n) is 6.98. The predicted octanol–water partition coefficient (Wildman–Crippen LogP) is 3.42. The Morgan fingerprint density at radius 1 is 1.21 bits per heavy atom. The van der Waals surface area contributed by atoms with Gasteiger partial charge in [-0.05, 0) is 19.8 Å². The third-order valence-corrected chi connectivity index (χ3v) is 4.34. The fourth-order valence-electron chi connectivity index (χ4n) is 3.00. The quantitative estimate of drug-likeness (QED) is 0.915. The van der Waals surface area contributed by atoms with Gasteiger partial charge in [0.05, 0.1) is 5.69 Å². The second-order valence-corrected chi connectivity index (χ2v) is 5.63. The molecular weight excluding hydrogens is 236 g/mol. The Hall–Kier alpha value is -1.61. The molecule has 3 heteroatoms. The van der Waals surface area contributed by atoms with Gasteiger partial charge in [-0.2, -0.15) is 0 Å². The minimum atomic E-state index is 0.0481. The van der Waals surface area contributed by atoms with E-state index in [0.717, 1.165) is 29.9 Å². The van der Waals surface area contributed by atoms with E-state index in [1.54, 1.807) is 0 Å². The zero-order chi connectivity index (χ0) is 13.3. The van der Waals surface area contributed by atoms with E-state index in [2.05, 4.69) is 42.4 Å². The molecule has 100 valence electrons. The van der Waals surface area contributed by atoms with Gasteiger partial charge in [0, 0.05) is 23.6 Å². The van der Waals surface area contributed by atoms with Crippen molar-refractivity contribution in [3.8, 4) is 11.3 Å². The number of rotatable bonds is 3. The maximum absolute atomic E-state index is 5.99. The third kappa shape index (κ3) is 2.19. The van der Waals surface area contributed by atoms with Crippen LogP contribution in [0.3, 0.4) is 0 Å².